The average Bonchev–Trinajstić information content (AvgIpc) is 2.92. The molecule has 2 rings (SSSR count). The minimum absolute atomic E-state index is 0.0178. The van der Waals surface area contributed by atoms with E-state index in [2.05, 4.69) is 5.32 Å². The van der Waals surface area contributed by atoms with Gasteiger partial charge in [-0.15, -0.1) is 22.7 Å². The van der Waals surface area contributed by atoms with Crippen LogP contribution in [0.15, 0.2) is 22.4 Å². The molecular formula is C12H14N2O3S3. The highest BCUT2D eigenvalue weighted by Gasteiger charge is 2.25. The fourth-order valence-electron chi connectivity index (χ4n) is 1.76. The number of nitrogens with two attached hydrogens (primary N) is 1. The maximum absolute atomic E-state index is 11.8. The average molecular weight is 330 g/mol. The van der Waals surface area contributed by atoms with Gasteiger partial charge >= 0.3 is 0 Å². The van der Waals surface area contributed by atoms with E-state index in [1.54, 1.807) is 11.3 Å². The summed E-state index contributed by atoms with van der Waals surface area (Å²) in [4.78, 5) is 12.9. The van der Waals surface area contributed by atoms with Crippen molar-refractivity contribution in [3.63, 3.8) is 0 Å². The number of nitrogen functional groups attached to an aromatic ring is 1. The summed E-state index contributed by atoms with van der Waals surface area (Å²) in [6.45, 7) is 1.87. The predicted octanol–water partition coefficient (Wildman–Crippen LogP) is 2.61. The summed E-state index contributed by atoms with van der Waals surface area (Å²) in [5, 5.41) is 5.42. The molecule has 0 atom stereocenters. The van der Waals surface area contributed by atoms with Gasteiger partial charge in [-0.3, -0.25) is 4.79 Å². The van der Waals surface area contributed by atoms with E-state index < -0.39 is 9.84 Å². The fourth-order valence-corrected chi connectivity index (χ4v) is 4.86. The van der Waals surface area contributed by atoms with Crippen molar-refractivity contribution in [1.29, 1.82) is 0 Å². The maximum Gasteiger partial charge on any atom is 0.180 e. The van der Waals surface area contributed by atoms with E-state index >= 15 is 0 Å². The molecule has 0 bridgehead atoms. The molecule has 0 aliphatic heterocycles. The van der Waals surface area contributed by atoms with E-state index in [1.807, 2.05) is 17.5 Å². The zero-order chi connectivity index (χ0) is 14.9. The molecule has 0 saturated heterocycles. The number of Topliss-reactive ketones (excluding diaryl/α,β-unsaturated/α-hetero) is 1. The monoisotopic (exact) mass is 330 g/mol. The van der Waals surface area contributed by atoms with Gasteiger partial charge < -0.3 is 11.1 Å². The highest BCUT2D eigenvalue weighted by atomic mass is 32.2. The van der Waals surface area contributed by atoms with Crippen molar-refractivity contribution in [3.8, 4) is 0 Å². The van der Waals surface area contributed by atoms with Crippen LogP contribution in [0.5, 0.6) is 0 Å². The number of anilines is 2. The zero-order valence-corrected chi connectivity index (χ0v) is 13.4. The molecule has 0 spiro atoms. The lowest BCUT2D eigenvalue weighted by Crippen LogP contribution is -2.06. The van der Waals surface area contributed by atoms with Crippen LogP contribution in [-0.4, -0.2) is 20.5 Å². The molecule has 0 aliphatic rings. The molecule has 0 radical (unpaired) electrons. The number of carbonyl (C=O) groups is 1. The Morgan fingerprint density at radius 1 is 1.45 bits per heavy atom. The molecule has 108 valence electrons. The van der Waals surface area contributed by atoms with Gasteiger partial charge in [0.1, 0.15) is 9.90 Å². The lowest BCUT2D eigenvalue weighted by Gasteiger charge is -2.05. The third-order valence-electron chi connectivity index (χ3n) is 2.59. The molecule has 2 aromatic rings. The third-order valence-corrected chi connectivity index (χ3v) is 6.03. The van der Waals surface area contributed by atoms with Crippen LogP contribution < -0.4 is 11.1 Å². The van der Waals surface area contributed by atoms with Crippen molar-refractivity contribution < 1.29 is 13.2 Å². The molecule has 2 heterocycles. The molecule has 0 unspecified atom stereocenters. The van der Waals surface area contributed by atoms with Gasteiger partial charge in [0.25, 0.3) is 0 Å². The number of carbonyl (C=O) groups excluding carboxylic acids is 1. The predicted molar refractivity (Wildman–Crippen MR) is 83.5 cm³/mol. The number of rotatable bonds is 5. The summed E-state index contributed by atoms with van der Waals surface area (Å²) in [6.07, 6.45) is 1.09. The number of nitrogens with one attached hydrogen (secondary N) is 1. The first-order chi connectivity index (χ1) is 9.30. The van der Waals surface area contributed by atoms with E-state index in [9.17, 15) is 13.2 Å². The lowest BCUT2D eigenvalue weighted by atomic mass is 10.3. The summed E-state index contributed by atoms with van der Waals surface area (Å²) >= 11 is 2.65. The van der Waals surface area contributed by atoms with Crippen molar-refractivity contribution in [3.05, 3.63) is 27.3 Å². The topological polar surface area (TPSA) is 89.3 Å². The quantitative estimate of drug-likeness (QED) is 0.823. The third kappa shape index (κ3) is 3.02. The Morgan fingerprint density at radius 3 is 2.65 bits per heavy atom. The molecule has 0 fully saturated rings. The first kappa shape index (κ1) is 15.0. The van der Waals surface area contributed by atoms with Crippen LogP contribution in [0.25, 0.3) is 0 Å². The number of hydrogen-bond acceptors (Lipinski definition) is 7. The molecule has 0 saturated carbocycles. The van der Waals surface area contributed by atoms with E-state index in [0.29, 0.717) is 11.5 Å². The number of thiophene rings is 2. The van der Waals surface area contributed by atoms with E-state index in [-0.39, 0.29) is 21.2 Å². The molecule has 0 aromatic carbocycles. The van der Waals surface area contributed by atoms with Gasteiger partial charge in [-0.25, -0.2) is 8.42 Å². The second-order valence-electron chi connectivity index (χ2n) is 4.26. The van der Waals surface area contributed by atoms with Gasteiger partial charge in [0.2, 0.25) is 0 Å². The van der Waals surface area contributed by atoms with Crippen molar-refractivity contribution in [2.24, 2.45) is 0 Å². The van der Waals surface area contributed by atoms with Gasteiger partial charge in [-0.1, -0.05) is 6.07 Å². The number of sulfone groups is 1. The Labute approximate surface area is 125 Å². The van der Waals surface area contributed by atoms with Gasteiger partial charge in [0.15, 0.2) is 15.6 Å². The molecule has 20 heavy (non-hydrogen) atoms. The van der Waals surface area contributed by atoms with Gasteiger partial charge in [-0.05, 0) is 11.4 Å². The molecular weight excluding hydrogens is 316 g/mol. The summed E-state index contributed by atoms with van der Waals surface area (Å²) in [5.41, 5.74) is 5.85. The Balaban J connectivity index is 2.41. The minimum Gasteiger partial charge on any atom is -0.396 e. The van der Waals surface area contributed by atoms with E-state index in [1.165, 1.54) is 6.92 Å². The van der Waals surface area contributed by atoms with Gasteiger partial charge in [0.05, 0.1) is 17.1 Å². The van der Waals surface area contributed by atoms with Crippen molar-refractivity contribution in [2.75, 3.05) is 17.3 Å². The SMILES string of the molecule is CC(=O)c1sc(NCc2cccs2)c(S(C)(=O)=O)c1N. The Morgan fingerprint density at radius 2 is 2.15 bits per heavy atom. The molecule has 0 amide bonds. The summed E-state index contributed by atoms with van der Waals surface area (Å²) in [6, 6.07) is 3.86. The first-order valence-corrected chi connectivity index (χ1v) is 9.29. The minimum atomic E-state index is -3.49. The fraction of sp³-hybridized carbons (Fsp3) is 0.250. The van der Waals surface area contributed by atoms with Crippen LogP contribution in [0, 0.1) is 0 Å². The van der Waals surface area contributed by atoms with E-state index in [4.69, 9.17) is 5.73 Å². The molecule has 0 aliphatic carbocycles. The highest BCUT2D eigenvalue weighted by Crippen LogP contribution is 2.39. The van der Waals surface area contributed by atoms with Crippen molar-refractivity contribution >= 4 is 49.0 Å². The van der Waals surface area contributed by atoms with Crippen LogP contribution in [0.3, 0.4) is 0 Å². The molecule has 3 N–H and O–H groups in total. The van der Waals surface area contributed by atoms with Gasteiger partial charge in [-0.2, -0.15) is 0 Å². The largest absolute Gasteiger partial charge is 0.396 e. The Kier molecular flexibility index (Phi) is 4.17. The van der Waals surface area contributed by atoms with Crippen molar-refractivity contribution in [1.82, 2.24) is 0 Å². The normalized spacial score (nSPS) is 11.5. The van der Waals surface area contributed by atoms with Crippen LogP contribution in [0.2, 0.25) is 0 Å². The van der Waals surface area contributed by atoms with Crippen LogP contribution in [-0.2, 0) is 16.4 Å². The summed E-state index contributed by atoms with van der Waals surface area (Å²) in [7, 11) is -3.49. The summed E-state index contributed by atoms with van der Waals surface area (Å²) in [5.74, 6) is -0.235. The van der Waals surface area contributed by atoms with Crippen LogP contribution >= 0.6 is 22.7 Å². The highest BCUT2D eigenvalue weighted by molar-refractivity contribution is 7.91. The Hall–Kier alpha value is -1.38. The molecule has 8 heteroatoms. The molecule has 2 aromatic heterocycles. The second kappa shape index (κ2) is 5.55. The van der Waals surface area contributed by atoms with Crippen LogP contribution in [0.4, 0.5) is 10.7 Å². The van der Waals surface area contributed by atoms with Crippen molar-refractivity contribution in [2.45, 2.75) is 18.4 Å². The lowest BCUT2D eigenvalue weighted by molar-refractivity contribution is 0.102. The summed E-state index contributed by atoms with van der Waals surface area (Å²) < 4.78 is 23.7. The maximum atomic E-state index is 11.8. The zero-order valence-electron chi connectivity index (χ0n) is 11.0. The molecule has 5 nitrogen and oxygen atoms in total. The Bertz CT molecular complexity index is 730. The second-order valence-corrected chi connectivity index (χ2v) is 8.27. The van der Waals surface area contributed by atoms with E-state index in [0.717, 1.165) is 22.5 Å². The van der Waals surface area contributed by atoms with Crippen LogP contribution in [0.1, 0.15) is 21.5 Å². The number of ketones is 1. The number of hydrogen-bond donors (Lipinski definition) is 2. The van der Waals surface area contributed by atoms with Gasteiger partial charge in [0, 0.05) is 18.1 Å². The first-order valence-electron chi connectivity index (χ1n) is 5.70. The smallest absolute Gasteiger partial charge is 0.180 e. The standard InChI is InChI=1S/C12H14N2O3S3/c1-7(15)10-9(13)11(20(2,16)17)12(19-10)14-6-8-4-3-5-18-8/h3-5,14H,6,13H2,1-2H3.